The summed E-state index contributed by atoms with van der Waals surface area (Å²) < 4.78 is 0. The van der Waals surface area contributed by atoms with Gasteiger partial charge < -0.3 is 15.3 Å². The van der Waals surface area contributed by atoms with Crippen LogP contribution in [-0.2, 0) is 0 Å². The lowest BCUT2D eigenvalue weighted by Crippen LogP contribution is -2.46. The topological polar surface area (TPSA) is 35.5 Å². The molecule has 1 saturated heterocycles. The second-order valence-corrected chi connectivity index (χ2v) is 5.68. The highest BCUT2D eigenvalue weighted by molar-refractivity contribution is 4.82. The van der Waals surface area contributed by atoms with Crippen molar-refractivity contribution in [2.75, 3.05) is 26.2 Å². The Kier molecular flexibility index (Phi) is 6.45. The van der Waals surface area contributed by atoms with E-state index in [9.17, 15) is 0 Å². The summed E-state index contributed by atoms with van der Waals surface area (Å²) in [7, 11) is 0. The molecule has 102 valence electrons. The van der Waals surface area contributed by atoms with Gasteiger partial charge in [0.1, 0.15) is 0 Å². The molecule has 0 saturated carbocycles. The van der Waals surface area contributed by atoms with E-state index < -0.39 is 0 Å². The molecule has 0 spiro atoms. The number of aliphatic hydroxyl groups excluding tert-OH is 1. The second-order valence-electron chi connectivity index (χ2n) is 5.68. The predicted molar refractivity (Wildman–Crippen MR) is 73.1 cm³/mol. The van der Waals surface area contributed by atoms with Crippen LogP contribution in [0.5, 0.6) is 0 Å². The van der Waals surface area contributed by atoms with Gasteiger partial charge in [-0.05, 0) is 58.2 Å². The van der Waals surface area contributed by atoms with Crippen molar-refractivity contribution in [3.05, 3.63) is 0 Å². The van der Waals surface area contributed by atoms with Crippen molar-refractivity contribution < 1.29 is 5.11 Å². The maximum Gasteiger partial charge on any atom is 0.0471 e. The summed E-state index contributed by atoms with van der Waals surface area (Å²) in [6, 6.07) is 0.970. The molecule has 1 aliphatic heterocycles. The van der Waals surface area contributed by atoms with E-state index in [0.717, 1.165) is 5.92 Å². The molecule has 1 fully saturated rings. The molecule has 0 aromatic rings. The van der Waals surface area contributed by atoms with Gasteiger partial charge in [-0.3, -0.25) is 0 Å². The maximum absolute atomic E-state index is 9.15. The van der Waals surface area contributed by atoms with Crippen LogP contribution < -0.4 is 5.32 Å². The lowest BCUT2D eigenvalue weighted by Gasteiger charge is -2.36. The van der Waals surface area contributed by atoms with Gasteiger partial charge in [-0.1, -0.05) is 13.8 Å². The van der Waals surface area contributed by atoms with Crippen molar-refractivity contribution in [3.8, 4) is 0 Å². The van der Waals surface area contributed by atoms with E-state index in [1.807, 2.05) is 0 Å². The zero-order valence-corrected chi connectivity index (χ0v) is 11.9. The number of nitrogens with one attached hydrogen (secondary N) is 1. The zero-order valence-electron chi connectivity index (χ0n) is 11.9. The standard InChI is InChI=1S/C14H30N2O/c1-5-16-8-6-14(7-9-16)13(4)15-12(3)11(2)10-17/h11-15,17H,5-10H2,1-4H3. The molecule has 3 nitrogen and oxygen atoms in total. The van der Waals surface area contributed by atoms with Gasteiger partial charge in [-0.25, -0.2) is 0 Å². The fourth-order valence-corrected chi connectivity index (χ4v) is 2.64. The van der Waals surface area contributed by atoms with Crippen molar-refractivity contribution in [3.63, 3.8) is 0 Å². The molecule has 1 rings (SSSR count). The van der Waals surface area contributed by atoms with Gasteiger partial charge in [-0.2, -0.15) is 0 Å². The van der Waals surface area contributed by atoms with E-state index in [1.54, 1.807) is 0 Å². The van der Waals surface area contributed by atoms with E-state index in [-0.39, 0.29) is 6.61 Å². The molecule has 0 aromatic heterocycles. The average molecular weight is 242 g/mol. The highest BCUT2D eigenvalue weighted by atomic mass is 16.3. The summed E-state index contributed by atoms with van der Waals surface area (Å²) in [6.45, 7) is 12.8. The molecule has 0 bridgehead atoms. The molecular formula is C14H30N2O. The van der Waals surface area contributed by atoms with Crippen LogP contribution in [0.15, 0.2) is 0 Å². The average Bonchev–Trinajstić information content (AvgIpc) is 2.37. The number of hydrogen-bond donors (Lipinski definition) is 2. The molecular weight excluding hydrogens is 212 g/mol. The fraction of sp³-hybridized carbons (Fsp3) is 1.00. The quantitative estimate of drug-likeness (QED) is 0.744. The Morgan fingerprint density at radius 3 is 2.29 bits per heavy atom. The van der Waals surface area contributed by atoms with Gasteiger partial charge in [0.05, 0.1) is 0 Å². The van der Waals surface area contributed by atoms with Crippen molar-refractivity contribution >= 4 is 0 Å². The lowest BCUT2D eigenvalue weighted by atomic mass is 9.89. The van der Waals surface area contributed by atoms with Crippen LogP contribution in [0.1, 0.15) is 40.5 Å². The van der Waals surface area contributed by atoms with E-state index >= 15 is 0 Å². The van der Waals surface area contributed by atoms with Gasteiger partial charge in [0.2, 0.25) is 0 Å². The first-order valence-electron chi connectivity index (χ1n) is 7.17. The molecule has 1 aliphatic rings. The third-order valence-electron chi connectivity index (χ3n) is 4.45. The summed E-state index contributed by atoms with van der Waals surface area (Å²) in [4.78, 5) is 2.53. The Balaban J connectivity index is 2.31. The van der Waals surface area contributed by atoms with E-state index in [0.29, 0.717) is 18.0 Å². The molecule has 0 amide bonds. The van der Waals surface area contributed by atoms with Crippen LogP contribution in [0.3, 0.4) is 0 Å². The number of aliphatic hydroxyl groups is 1. The van der Waals surface area contributed by atoms with Crippen molar-refractivity contribution in [1.82, 2.24) is 10.2 Å². The molecule has 0 aliphatic carbocycles. The Morgan fingerprint density at radius 1 is 1.24 bits per heavy atom. The van der Waals surface area contributed by atoms with Gasteiger partial charge in [-0.15, -0.1) is 0 Å². The fourth-order valence-electron chi connectivity index (χ4n) is 2.64. The van der Waals surface area contributed by atoms with Gasteiger partial charge >= 0.3 is 0 Å². The Bertz CT molecular complexity index is 202. The number of hydrogen-bond acceptors (Lipinski definition) is 3. The van der Waals surface area contributed by atoms with Crippen molar-refractivity contribution in [1.29, 1.82) is 0 Å². The highest BCUT2D eigenvalue weighted by Gasteiger charge is 2.24. The molecule has 2 N–H and O–H groups in total. The van der Waals surface area contributed by atoms with Crippen LogP contribution in [0, 0.1) is 11.8 Å². The normalized spacial score (nSPS) is 24.5. The summed E-state index contributed by atoms with van der Waals surface area (Å²) >= 11 is 0. The summed E-state index contributed by atoms with van der Waals surface area (Å²) in [5.74, 6) is 1.14. The minimum absolute atomic E-state index is 0.273. The minimum Gasteiger partial charge on any atom is -0.396 e. The molecule has 1 heterocycles. The Hall–Kier alpha value is -0.120. The van der Waals surface area contributed by atoms with E-state index in [1.165, 1.54) is 32.5 Å². The van der Waals surface area contributed by atoms with Crippen LogP contribution >= 0.6 is 0 Å². The van der Waals surface area contributed by atoms with Crippen LogP contribution in [0.4, 0.5) is 0 Å². The Morgan fingerprint density at radius 2 is 1.82 bits per heavy atom. The van der Waals surface area contributed by atoms with Gasteiger partial charge in [0, 0.05) is 18.7 Å². The number of rotatable bonds is 6. The lowest BCUT2D eigenvalue weighted by molar-refractivity contribution is 0.150. The first kappa shape index (κ1) is 14.9. The predicted octanol–water partition coefficient (Wildman–Crippen LogP) is 1.71. The minimum atomic E-state index is 0.273. The summed E-state index contributed by atoms with van der Waals surface area (Å²) in [6.07, 6.45) is 2.62. The highest BCUT2D eigenvalue weighted by Crippen LogP contribution is 2.21. The van der Waals surface area contributed by atoms with E-state index in [2.05, 4.69) is 37.9 Å². The smallest absolute Gasteiger partial charge is 0.0471 e. The molecule has 0 aromatic carbocycles. The second kappa shape index (κ2) is 7.34. The maximum atomic E-state index is 9.15. The van der Waals surface area contributed by atoms with Crippen LogP contribution in [-0.4, -0.2) is 48.3 Å². The van der Waals surface area contributed by atoms with Crippen molar-refractivity contribution in [2.24, 2.45) is 11.8 Å². The number of piperidine rings is 1. The molecule has 17 heavy (non-hydrogen) atoms. The molecule has 3 atom stereocenters. The largest absolute Gasteiger partial charge is 0.396 e. The summed E-state index contributed by atoms with van der Waals surface area (Å²) in [5, 5.41) is 12.8. The third kappa shape index (κ3) is 4.57. The SMILES string of the molecule is CCN1CCC(C(C)NC(C)C(C)CO)CC1. The first-order valence-corrected chi connectivity index (χ1v) is 7.17. The molecule has 0 radical (unpaired) electrons. The van der Waals surface area contributed by atoms with Crippen LogP contribution in [0.2, 0.25) is 0 Å². The van der Waals surface area contributed by atoms with Crippen LogP contribution in [0.25, 0.3) is 0 Å². The molecule has 3 heteroatoms. The van der Waals surface area contributed by atoms with Crippen molar-refractivity contribution in [2.45, 2.75) is 52.6 Å². The van der Waals surface area contributed by atoms with Gasteiger partial charge in [0.15, 0.2) is 0 Å². The van der Waals surface area contributed by atoms with Gasteiger partial charge in [0.25, 0.3) is 0 Å². The Labute approximate surface area is 107 Å². The number of nitrogens with zero attached hydrogens (tertiary/aromatic N) is 1. The van der Waals surface area contributed by atoms with E-state index in [4.69, 9.17) is 5.11 Å². The summed E-state index contributed by atoms with van der Waals surface area (Å²) in [5.41, 5.74) is 0. The first-order chi connectivity index (χ1) is 8.08. The monoisotopic (exact) mass is 242 g/mol. The molecule has 3 unspecified atom stereocenters. The zero-order chi connectivity index (χ0) is 12.8. The third-order valence-corrected chi connectivity index (χ3v) is 4.45. The number of likely N-dealkylation sites (tertiary alicyclic amines) is 1.